The van der Waals surface area contributed by atoms with E-state index in [1.54, 1.807) is 0 Å². The summed E-state index contributed by atoms with van der Waals surface area (Å²) in [6, 6.07) is 0. The molecule has 4 nitrogen and oxygen atoms in total. The van der Waals surface area contributed by atoms with Gasteiger partial charge in [-0.2, -0.15) is 0 Å². The summed E-state index contributed by atoms with van der Waals surface area (Å²) in [6.45, 7) is 3.64. The molecular weight excluding hydrogens is 134 g/mol. The van der Waals surface area contributed by atoms with Crippen molar-refractivity contribution in [3.8, 4) is 0 Å². The Morgan fingerprint density at radius 2 is 2.30 bits per heavy atom. The van der Waals surface area contributed by atoms with E-state index in [1.165, 1.54) is 7.11 Å². The van der Waals surface area contributed by atoms with Gasteiger partial charge in [0.05, 0.1) is 6.61 Å². The van der Waals surface area contributed by atoms with E-state index in [0.29, 0.717) is 0 Å². The van der Waals surface area contributed by atoms with Gasteiger partial charge in [-0.25, -0.2) is 0 Å². The molecule has 0 aliphatic rings. The fourth-order valence-corrected chi connectivity index (χ4v) is 0.319. The Hall–Kier alpha value is -0.870. The second-order valence-electron chi connectivity index (χ2n) is 1.72. The van der Waals surface area contributed by atoms with Crippen molar-refractivity contribution < 1.29 is 14.3 Å². The molecule has 0 atom stereocenters. The Bertz CT molecular complexity index is 133. The van der Waals surface area contributed by atoms with Crippen LogP contribution in [0, 0.1) is 0 Å². The van der Waals surface area contributed by atoms with Crippen molar-refractivity contribution >= 4 is 5.91 Å². The highest BCUT2D eigenvalue weighted by atomic mass is 16.7. The molecule has 0 bridgehead atoms. The highest BCUT2D eigenvalue weighted by molar-refractivity contribution is 5.91. The first-order chi connectivity index (χ1) is 4.68. The van der Waals surface area contributed by atoms with Crippen molar-refractivity contribution in [1.82, 2.24) is 0 Å². The van der Waals surface area contributed by atoms with Gasteiger partial charge in [0.15, 0.2) is 0 Å². The molecule has 0 saturated carbocycles. The summed E-state index contributed by atoms with van der Waals surface area (Å²) in [6.07, 6.45) is 0. The predicted octanol–water partition coefficient (Wildman–Crippen LogP) is -0.352. The molecule has 2 N–H and O–H groups in total. The SMILES string of the molecule is C=C(COCOC)C(N)=O. The minimum Gasteiger partial charge on any atom is -0.366 e. The number of rotatable bonds is 5. The van der Waals surface area contributed by atoms with Crippen LogP contribution in [0.15, 0.2) is 12.2 Å². The number of carbonyl (C=O) groups is 1. The number of methoxy groups -OCH3 is 1. The van der Waals surface area contributed by atoms with Gasteiger partial charge in [-0.1, -0.05) is 6.58 Å². The third-order valence-electron chi connectivity index (χ3n) is 0.826. The molecular formula is C6H11NO3. The average molecular weight is 145 g/mol. The van der Waals surface area contributed by atoms with Gasteiger partial charge in [0.25, 0.3) is 0 Å². The van der Waals surface area contributed by atoms with Gasteiger partial charge in [0.1, 0.15) is 6.79 Å². The van der Waals surface area contributed by atoms with E-state index in [0.717, 1.165) is 0 Å². The largest absolute Gasteiger partial charge is 0.366 e. The van der Waals surface area contributed by atoms with E-state index in [1.807, 2.05) is 0 Å². The summed E-state index contributed by atoms with van der Waals surface area (Å²) >= 11 is 0. The molecule has 0 saturated heterocycles. The van der Waals surface area contributed by atoms with Crippen LogP contribution >= 0.6 is 0 Å². The quantitative estimate of drug-likeness (QED) is 0.326. The van der Waals surface area contributed by atoms with Crippen molar-refractivity contribution in [3.63, 3.8) is 0 Å². The third kappa shape index (κ3) is 4.05. The number of nitrogens with two attached hydrogens (primary N) is 1. The first-order valence-electron chi connectivity index (χ1n) is 2.72. The topological polar surface area (TPSA) is 61.6 Å². The third-order valence-corrected chi connectivity index (χ3v) is 0.826. The Labute approximate surface area is 59.6 Å². The maximum atomic E-state index is 10.3. The van der Waals surface area contributed by atoms with Crippen molar-refractivity contribution in [2.45, 2.75) is 0 Å². The van der Waals surface area contributed by atoms with Gasteiger partial charge >= 0.3 is 0 Å². The van der Waals surface area contributed by atoms with Crippen molar-refractivity contribution in [3.05, 3.63) is 12.2 Å². The molecule has 0 aromatic heterocycles. The van der Waals surface area contributed by atoms with Gasteiger partial charge in [0, 0.05) is 12.7 Å². The van der Waals surface area contributed by atoms with E-state index in [9.17, 15) is 4.79 Å². The molecule has 0 unspecified atom stereocenters. The standard InChI is InChI=1S/C6H11NO3/c1-5(6(7)8)3-10-4-9-2/h1,3-4H2,2H3,(H2,7,8). The summed E-state index contributed by atoms with van der Waals surface area (Å²) < 4.78 is 9.34. The molecule has 0 spiro atoms. The number of amides is 1. The number of hydrogen-bond donors (Lipinski definition) is 1. The van der Waals surface area contributed by atoms with E-state index in [2.05, 4.69) is 11.3 Å². The molecule has 0 rings (SSSR count). The maximum absolute atomic E-state index is 10.3. The molecule has 4 heteroatoms. The predicted molar refractivity (Wildman–Crippen MR) is 36.2 cm³/mol. The number of hydrogen-bond acceptors (Lipinski definition) is 3. The van der Waals surface area contributed by atoms with Crippen LogP contribution in [-0.2, 0) is 14.3 Å². The molecule has 1 amide bonds. The molecule has 0 aromatic rings. The molecule has 0 aliphatic carbocycles. The number of ether oxygens (including phenoxy) is 2. The lowest BCUT2D eigenvalue weighted by molar-refractivity contribution is -0.115. The van der Waals surface area contributed by atoms with Crippen LogP contribution in [0.1, 0.15) is 0 Å². The van der Waals surface area contributed by atoms with Gasteiger partial charge in [0.2, 0.25) is 5.91 Å². The highest BCUT2D eigenvalue weighted by Crippen LogP contribution is 1.88. The molecule has 10 heavy (non-hydrogen) atoms. The normalized spacial score (nSPS) is 9.30. The zero-order chi connectivity index (χ0) is 7.98. The summed E-state index contributed by atoms with van der Waals surface area (Å²) in [5.41, 5.74) is 5.11. The van der Waals surface area contributed by atoms with E-state index in [4.69, 9.17) is 10.5 Å². The average Bonchev–Trinajstić information content (AvgIpc) is 1.88. The Kier molecular flexibility index (Phi) is 4.53. The lowest BCUT2D eigenvalue weighted by Gasteiger charge is -2.01. The minimum atomic E-state index is -0.545. The van der Waals surface area contributed by atoms with E-state index in [-0.39, 0.29) is 19.0 Å². The molecule has 58 valence electrons. The summed E-state index contributed by atoms with van der Waals surface area (Å²) in [5.74, 6) is -0.545. The lowest BCUT2D eigenvalue weighted by Crippen LogP contribution is -2.17. The molecule has 0 fully saturated rings. The number of primary amides is 1. The lowest BCUT2D eigenvalue weighted by atomic mass is 10.3. The van der Waals surface area contributed by atoms with Crippen LogP contribution in [0.5, 0.6) is 0 Å². The van der Waals surface area contributed by atoms with Crippen LogP contribution < -0.4 is 5.73 Å². The number of carbonyl (C=O) groups excluding carboxylic acids is 1. The fourth-order valence-electron chi connectivity index (χ4n) is 0.319. The smallest absolute Gasteiger partial charge is 0.246 e. The summed E-state index contributed by atoms with van der Waals surface area (Å²) in [5, 5.41) is 0. The molecule has 0 radical (unpaired) electrons. The van der Waals surface area contributed by atoms with E-state index >= 15 is 0 Å². The Balaban J connectivity index is 3.31. The monoisotopic (exact) mass is 145 g/mol. The van der Waals surface area contributed by atoms with Gasteiger partial charge < -0.3 is 15.2 Å². The fraction of sp³-hybridized carbons (Fsp3) is 0.500. The minimum absolute atomic E-state index is 0.128. The molecule has 0 heterocycles. The Morgan fingerprint density at radius 3 is 2.70 bits per heavy atom. The highest BCUT2D eigenvalue weighted by Gasteiger charge is 1.99. The van der Waals surface area contributed by atoms with Gasteiger partial charge in [-0.3, -0.25) is 4.79 Å². The zero-order valence-electron chi connectivity index (χ0n) is 5.92. The summed E-state index contributed by atoms with van der Waals surface area (Å²) in [7, 11) is 1.49. The van der Waals surface area contributed by atoms with Crippen molar-refractivity contribution in [2.75, 3.05) is 20.5 Å². The summed E-state index contributed by atoms with van der Waals surface area (Å²) in [4.78, 5) is 10.3. The van der Waals surface area contributed by atoms with E-state index < -0.39 is 5.91 Å². The second kappa shape index (κ2) is 4.96. The van der Waals surface area contributed by atoms with Crippen molar-refractivity contribution in [2.24, 2.45) is 5.73 Å². The van der Waals surface area contributed by atoms with Crippen LogP contribution in [0.2, 0.25) is 0 Å². The first kappa shape index (κ1) is 9.13. The second-order valence-corrected chi connectivity index (χ2v) is 1.72. The maximum Gasteiger partial charge on any atom is 0.246 e. The van der Waals surface area contributed by atoms with Crippen LogP contribution in [0.4, 0.5) is 0 Å². The van der Waals surface area contributed by atoms with Crippen LogP contribution in [-0.4, -0.2) is 26.4 Å². The Morgan fingerprint density at radius 1 is 1.70 bits per heavy atom. The zero-order valence-corrected chi connectivity index (χ0v) is 5.92. The van der Waals surface area contributed by atoms with Crippen LogP contribution in [0.3, 0.4) is 0 Å². The first-order valence-corrected chi connectivity index (χ1v) is 2.72. The molecule has 0 aromatic carbocycles. The molecule has 0 aliphatic heterocycles. The van der Waals surface area contributed by atoms with Gasteiger partial charge in [-0.15, -0.1) is 0 Å². The van der Waals surface area contributed by atoms with Gasteiger partial charge in [-0.05, 0) is 0 Å². The van der Waals surface area contributed by atoms with Crippen LogP contribution in [0.25, 0.3) is 0 Å². The van der Waals surface area contributed by atoms with Crippen molar-refractivity contribution in [1.29, 1.82) is 0 Å².